The quantitative estimate of drug-likeness (QED) is 0.541. The van der Waals surface area contributed by atoms with Crippen LogP contribution < -0.4 is 21.3 Å². The van der Waals surface area contributed by atoms with E-state index in [0.717, 1.165) is 6.42 Å². The molecule has 1 unspecified atom stereocenters. The molecule has 0 aliphatic heterocycles. The van der Waals surface area contributed by atoms with Crippen LogP contribution >= 0.6 is 0 Å². The smallest absolute Gasteiger partial charge is 0.322 e. The van der Waals surface area contributed by atoms with Gasteiger partial charge in [-0.05, 0) is 25.2 Å². The fourth-order valence-electron chi connectivity index (χ4n) is 2.83. The molecule has 7 heteroatoms. The van der Waals surface area contributed by atoms with Crippen LogP contribution in [0.4, 0.5) is 11.9 Å². The van der Waals surface area contributed by atoms with Crippen LogP contribution in [0.2, 0.25) is 0 Å². The maximum Gasteiger partial charge on any atom is 0.322 e. The summed E-state index contributed by atoms with van der Waals surface area (Å²) in [5, 5.41) is 3.41. The van der Waals surface area contributed by atoms with Crippen LogP contribution in [-0.2, 0) is 0 Å². The minimum absolute atomic E-state index is 0.258. The second-order valence-electron chi connectivity index (χ2n) is 5.17. The van der Waals surface area contributed by atoms with E-state index >= 15 is 0 Å². The van der Waals surface area contributed by atoms with Gasteiger partial charge in [-0.1, -0.05) is 26.2 Å². The first-order chi connectivity index (χ1) is 9.76. The molecule has 0 spiro atoms. The topological polar surface area (TPSA) is 98.0 Å². The normalized spacial score (nSPS) is 17.6. The standard InChI is InChI=1S/C13H24N6O/c1-3-10(9-7-5-4-6-8-9)15-11-16-12(19-14)18-13(17-11)20-2/h9-10H,3-8,14H2,1-2H3,(H2,15,16,17,18,19). The molecule has 1 aliphatic carbocycles. The van der Waals surface area contributed by atoms with Gasteiger partial charge in [0.15, 0.2) is 0 Å². The van der Waals surface area contributed by atoms with E-state index in [-0.39, 0.29) is 6.01 Å². The average Bonchev–Trinajstić information content (AvgIpc) is 2.53. The Morgan fingerprint density at radius 1 is 1.20 bits per heavy atom. The van der Waals surface area contributed by atoms with E-state index in [1.54, 1.807) is 0 Å². The molecule has 1 aliphatic rings. The lowest BCUT2D eigenvalue weighted by Crippen LogP contribution is -2.31. The third-order valence-electron chi connectivity index (χ3n) is 3.90. The number of aromatic nitrogens is 3. The van der Waals surface area contributed by atoms with Gasteiger partial charge in [0.05, 0.1) is 7.11 Å². The molecule has 1 aromatic rings. The summed E-state index contributed by atoms with van der Waals surface area (Å²) in [7, 11) is 1.53. The molecule has 0 bridgehead atoms. The summed E-state index contributed by atoms with van der Waals surface area (Å²) in [6, 6.07) is 0.641. The molecule has 2 rings (SSSR count). The second-order valence-corrected chi connectivity index (χ2v) is 5.17. The van der Waals surface area contributed by atoms with Crippen molar-refractivity contribution in [2.24, 2.45) is 11.8 Å². The van der Waals surface area contributed by atoms with Crippen LogP contribution in [0.15, 0.2) is 0 Å². The molecule has 4 N–H and O–H groups in total. The number of ether oxygens (including phenoxy) is 1. The largest absolute Gasteiger partial charge is 0.467 e. The van der Waals surface area contributed by atoms with E-state index in [1.165, 1.54) is 39.2 Å². The number of nitrogens with one attached hydrogen (secondary N) is 2. The summed E-state index contributed by atoms with van der Waals surface area (Å²) >= 11 is 0. The number of rotatable bonds is 6. The Labute approximate surface area is 119 Å². The van der Waals surface area contributed by atoms with Crippen molar-refractivity contribution in [1.29, 1.82) is 0 Å². The molecule has 0 saturated heterocycles. The Hall–Kier alpha value is -1.63. The molecule has 112 valence electrons. The molecule has 1 heterocycles. The molecule has 1 atom stereocenters. The number of hydrazine groups is 1. The lowest BCUT2D eigenvalue weighted by Gasteiger charge is -2.30. The van der Waals surface area contributed by atoms with Gasteiger partial charge in [-0.15, -0.1) is 0 Å². The SMILES string of the molecule is CCC(Nc1nc(NN)nc(OC)n1)C1CCCCC1. The van der Waals surface area contributed by atoms with Gasteiger partial charge in [0, 0.05) is 6.04 Å². The first-order valence-corrected chi connectivity index (χ1v) is 7.30. The Morgan fingerprint density at radius 2 is 1.90 bits per heavy atom. The molecule has 1 saturated carbocycles. The predicted molar refractivity (Wildman–Crippen MR) is 78.5 cm³/mol. The number of hydrogen-bond acceptors (Lipinski definition) is 7. The van der Waals surface area contributed by atoms with E-state index < -0.39 is 0 Å². The van der Waals surface area contributed by atoms with Crippen LogP contribution in [-0.4, -0.2) is 28.1 Å². The van der Waals surface area contributed by atoms with Gasteiger partial charge in [0.2, 0.25) is 11.9 Å². The molecule has 1 fully saturated rings. The van der Waals surface area contributed by atoms with Crippen LogP contribution in [0.3, 0.4) is 0 Å². The van der Waals surface area contributed by atoms with Gasteiger partial charge < -0.3 is 10.1 Å². The number of methoxy groups -OCH3 is 1. The maximum atomic E-state index is 5.36. The predicted octanol–water partition coefficient (Wildman–Crippen LogP) is 1.94. The molecular weight excluding hydrogens is 256 g/mol. The fourth-order valence-corrected chi connectivity index (χ4v) is 2.83. The number of hydrogen-bond donors (Lipinski definition) is 3. The van der Waals surface area contributed by atoms with Gasteiger partial charge >= 0.3 is 6.01 Å². The zero-order valence-corrected chi connectivity index (χ0v) is 12.2. The third-order valence-corrected chi connectivity index (χ3v) is 3.90. The van der Waals surface area contributed by atoms with Crippen molar-refractivity contribution >= 4 is 11.9 Å². The molecular formula is C13H24N6O. The highest BCUT2D eigenvalue weighted by Crippen LogP contribution is 2.29. The van der Waals surface area contributed by atoms with Gasteiger partial charge in [-0.25, -0.2) is 5.84 Å². The average molecular weight is 280 g/mol. The molecule has 1 aromatic heterocycles. The van der Waals surface area contributed by atoms with Crippen LogP contribution in [0.25, 0.3) is 0 Å². The van der Waals surface area contributed by atoms with Crippen molar-refractivity contribution in [3.8, 4) is 6.01 Å². The molecule has 20 heavy (non-hydrogen) atoms. The van der Waals surface area contributed by atoms with Crippen molar-refractivity contribution in [2.45, 2.75) is 51.5 Å². The Bertz CT molecular complexity index is 399. The highest BCUT2D eigenvalue weighted by Gasteiger charge is 2.23. The van der Waals surface area contributed by atoms with Crippen molar-refractivity contribution in [2.75, 3.05) is 17.9 Å². The Kier molecular flexibility index (Phi) is 5.34. The highest BCUT2D eigenvalue weighted by atomic mass is 16.5. The van der Waals surface area contributed by atoms with Crippen molar-refractivity contribution < 1.29 is 4.74 Å². The first-order valence-electron chi connectivity index (χ1n) is 7.30. The summed E-state index contributed by atoms with van der Waals surface area (Å²) in [5.74, 6) is 6.87. The fraction of sp³-hybridized carbons (Fsp3) is 0.769. The van der Waals surface area contributed by atoms with Crippen LogP contribution in [0, 0.1) is 5.92 Å². The maximum absolute atomic E-state index is 5.36. The second kappa shape index (κ2) is 7.23. The van der Waals surface area contributed by atoms with Gasteiger partial charge in [-0.2, -0.15) is 15.0 Å². The lowest BCUT2D eigenvalue weighted by molar-refractivity contribution is 0.311. The Balaban J connectivity index is 2.09. The van der Waals surface area contributed by atoms with Crippen molar-refractivity contribution in [3.05, 3.63) is 0 Å². The molecule has 0 aromatic carbocycles. The highest BCUT2D eigenvalue weighted by molar-refractivity contribution is 5.35. The molecule has 0 radical (unpaired) electrons. The number of nitrogens with zero attached hydrogens (tertiary/aromatic N) is 3. The number of anilines is 2. The minimum atomic E-state index is 0.258. The summed E-state index contributed by atoms with van der Waals surface area (Å²) in [6.45, 7) is 2.19. The summed E-state index contributed by atoms with van der Waals surface area (Å²) < 4.78 is 5.06. The zero-order valence-electron chi connectivity index (χ0n) is 12.2. The number of nitrogen functional groups attached to an aromatic ring is 1. The zero-order chi connectivity index (χ0) is 14.4. The van der Waals surface area contributed by atoms with Crippen LogP contribution in [0.5, 0.6) is 6.01 Å². The first kappa shape index (κ1) is 14.8. The van der Waals surface area contributed by atoms with E-state index in [4.69, 9.17) is 10.6 Å². The summed E-state index contributed by atoms with van der Waals surface area (Å²) in [4.78, 5) is 12.5. The number of nitrogens with two attached hydrogens (primary N) is 1. The van der Waals surface area contributed by atoms with Crippen LogP contribution in [0.1, 0.15) is 45.4 Å². The van der Waals surface area contributed by atoms with Crippen molar-refractivity contribution in [1.82, 2.24) is 15.0 Å². The summed E-state index contributed by atoms with van der Waals surface area (Å²) in [5.41, 5.74) is 2.43. The van der Waals surface area contributed by atoms with Gasteiger partial charge in [-0.3, -0.25) is 5.43 Å². The Morgan fingerprint density at radius 3 is 2.50 bits per heavy atom. The van der Waals surface area contributed by atoms with E-state index in [0.29, 0.717) is 23.9 Å². The summed E-state index contributed by atoms with van der Waals surface area (Å²) in [6.07, 6.45) is 7.58. The van der Waals surface area contributed by atoms with Crippen molar-refractivity contribution in [3.63, 3.8) is 0 Å². The molecule has 0 amide bonds. The van der Waals surface area contributed by atoms with Gasteiger partial charge in [0.25, 0.3) is 0 Å². The monoisotopic (exact) mass is 280 g/mol. The van der Waals surface area contributed by atoms with E-state index in [2.05, 4.69) is 32.6 Å². The van der Waals surface area contributed by atoms with E-state index in [1.807, 2.05) is 0 Å². The third kappa shape index (κ3) is 3.69. The van der Waals surface area contributed by atoms with E-state index in [9.17, 15) is 0 Å². The van der Waals surface area contributed by atoms with Gasteiger partial charge in [0.1, 0.15) is 0 Å². The lowest BCUT2D eigenvalue weighted by atomic mass is 9.83. The molecule has 7 nitrogen and oxygen atoms in total. The minimum Gasteiger partial charge on any atom is -0.467 e.